The Morgan fingerprint density at radius 2 is 1.82 bits per heavy atom. The van der Waals surface area contributed by atoms with E-state index in [1.54, 1.807) is 11.3 Å². The summed E-state index contributed by atoms with van der Waals surface area (Å²) in [5.41, 5.74) is 9.68. The van der Waals surface area contributed by atoms with Gasteiger partial charge in [0, 0.05) is 23.5 Å². The number of nitrogen functional groups attached to an aromatic ring is 1. The fraction of sp³-hybridized carbons (Fsp3) is 0.294. The normalized spacial score (nSPS) is 11.0. The molecule has 22 heavy (non-hydrogen) atoms. The summed E-state index contributed by atoms with van der Waals surface area (Å²) in [4.78, 5) is 11.4. The monoisotopic (exact) mass is 312 g/mol. The number of benzene rings is 1. The van der Waals surface area contributed by atoms with Gasteiger partial charge in [-0.3, -0.25) is 0 Å². The van der Waals surface area contributed by atoms with Gasteiger partial charge in [-0.1, -0.05) is 17.7 Å². The van der Waals surface area contributed by atoms with E-state index in [0.29, 0.717) is 5.82 Å². The minimum atomic E-state index is 0.595. The second kappa shape index (κ2) is 5.93. The first kappa shape index (κ1) is 14.8. The Morgan fingerprint density at radius 3 is 2.55 bits per heavy atom. The van der Waals surface area contributed by atoms with Gasteiger partial charge in [-0.25, -0.2) is 9.97 Å². The van der Waals surface area contributed by atoms with Crippen LogP contribution in [0.1, 0.15) is 21.8 Å². The molecule has 0 aliphatic rings. The standard InChI is InChI=1S/C17H20N4S/c1-10-4-6-13(7-5-10)19-9-8-14-20-16(18)15-11(2)12(3)22-17(15)21-14/h4-7,19H,8-9H2,1-3H3,(H2,18,20,21). The van der Waals surface area contributed by atoms with Crippen LogP contribution in [0.3, 0.4) is 0 Å². The maximum absolute atomic E-state index is 6.11. The molecule has 1 aromatic carbocycles. The van der Waals surface area contributed by atoms with Gasteiger partial charge in [0.2, 0.25) is 0 Å². The van der Waals surface area contributed by atoms with E-state index in [0.717, 1.165) is 34.7 Å². The lowest BCUT2D eigenvalue weighted by Gasteiger charge is -2.07. The molecule has 0 aliphatic carbocycles. The molecule has 0 amide bonds. The molecule has 0 aliphatic heterocycles. The summed E-state index contributed by atoms with van der Waals surface area (Å²) in [5.74, 6) is 1.39. The molecule has 2 aromatic heterocycles. The average molecular weight is 312 g/mol. The van der Waals surface area contributed by atoms with Crippen molar-refractivity contribution in [3.63, 3.8) is 0 Å². The van der Waals surface area contributed by atoms with Crippen LogP contribution in [-0.4, -0.2) is 16.5 Å². The minimum absolute atomic E-state index is 0.595. The van der Waals surface area contributed by atoms with Crippen LogP contribution in [0, 0.1) is 20.8 Å². The highest BCUT2D eigenvalue weighted by Crippen LogP contribution is 2.31. The van der Waals surface area contributed by atoms with Crippen LogP contribution in [-0.2, 0) is 6.42 Å². The Morgan fingerprint density at radius 1 is 1.09 bits per heavy atom. The number of aromatic nitrogens is 2. The largest absolute Gasteiger partial charge is 0.385 e. The predicted octanol–water partition coefficient (Wildman–Crippen LogP) is 3.85. The minimum Gasteiger partial charge on any atom is -0.385 e. The van der Waals surface area contributed by atoms with Crippen molar-refractivity contribution in [2.75, 3.05) is 17.6 Å². The van der Waals surface area contributed by atoms with Gasteiger partial charge in [0.05, 0.1) is 5.39 Å². The summed E-state index contributed by atoms with van der Waals surface area (Å²) in [6.07, 6.45) is 0.754. The van der Waals surface area contributed by atoms with E-state index in [1.807, 2.05) is 0 Å². The lowest BCUT2D eigenvalue weighted by molar-refractivity contribution is 0.914. The van der Waals surface area contributed by atoms with Gasteiger partial charge in [0.1, 0.15) is 16.5 Å². The topological polar surface area (TPSA) is 63.8 Å². The first-order valence-electron chi connectivity index (χ1n) is 7.37. The van der Waals surface area contributed by atoms with E-state index in [-0.39, 0.29) is 0 Å². The number of hydrogen-bond acceptors (Lipinski definition) is 5. The molecule has 0 saturated carbocycles. The number of aryl methyl sites for hydroxylation is 3. The van der Waals surface area contributed by atoms with Gasteiger partial charge in [0.15, 0.2) is 0 Å². The number of fused-ring (bicyclic) bond motifs is 1. The quantitative estimate of drug-likeness (QED) is 0.768. The Hall–Kier alpha value is -2.14. The van der Waals surface area contributed by atoms with Crippen LogP contribution in [0.5, 0.6) is 0 Å². The summed E-state index contributed by atoms with van der Waals surface area (Å²) in [6, 6.07) is 8.36. The number of thiophene rings is 1. The van der Waals surface area contributed by atoms with Crippen LogP contribution in [0.4, 0.5) is 11.5 Å². The van der Waals surface area contributed by atoms with E-state index in [4.69, 9.17) is 5.73 Å². The van der Waals surface area contributed by atoms with E-state index < -0.39 is 0 Å². The highest BCUT2D eigenvalue weighted by atomic mass is 32.1. The summed E-state index contributed by atoms with van der Waals surface area (Å²) in [5, 5.41) is 4.40. The van der Waals surface area contributed by atoms with Crippen molar-refractivity contribution >= 4 is 33.1 Å². The van der Waals surface area contributed by atoms with Crippen LogP contribution in [0.15, 0.2) is 24.3 Å². The second-order valence-electron chi connectivity index (χ2n) is 5.53. The SMILES string of the molecule is Cc1ccc(NCCc2nc(N)c3c(C)c(C)sc3n2)cc1. The molecule has 4 nitrogen and oxygen atoms in total. The molecule has 5 heteroatoms. The van der Waals surface area contributed by atoms with Crippen molar-refractivity contribution in [2.24, 2.45) is 0 Å². The molecular weight excluding hydrogens is 292 g/mol. The van der Waals surface area contributed by atoms with Gasteiger partial charge in [-0.2, -0.15) is 0 Å². The molecule has 0 radical (unpaired) electrons. The summed E-state index contributed by atoms with van der Waals surface area (Å²) < 4.78 is 0. The maximum Gasteiger partial charge on any atom is 0.136 e. The highest BCUT2D eigenvalue weighted by molar-refractivity contribution is 7.18. The molecule has 0 atom stereocenters. The van der Waals surface area contributed by atoms with Gasteiger partial charge < -0.3 is 11.1 Å². The molecular formula is C17H20N4S. The Labute approximate surface area is 134 Å². The van der Waals surface area contributed by atoms with Crippen molar-refractivity contribution in [3.05, 3.63) is 46.1 Å². The molecule has 0 spiro atoms. The van der Waals surface area contributed by atoms with E-state index in [1.165, 1.54) is 16.0 Å². The van der Waals surface area contributed by atoms with Crippen LogP contribution >= 0.6 is 11.3 Å². The van der Waals surface area contributed by atoms with Crippen molar-refractivity contribution in [1.82, 2.24) is 9.97 Å². The second-order valence-corrected chi connectivity index (χ2v) is 6.73. The van der Waals surface area contributed by atoms with Crippen LogP contribution in [0.2, 0.25) is 0 Å². The molecule has 3 N–H and O–H groups in total. The molecule has 0 unspecified atom stereocenters. The third-order valence-corrected chi connectivity index (χ3v) is 4.93. The molecule has 0 bridgehead atoms. The third kappa shape index (κ3) is 2.90. The lowest BCUT2D eigenvalue weighted by atomic mass is 10.2. The van der Waals surface area contributed by atoms with Crippen LogP contribution < -0.4 is 11.1 Å². The van der Waals surface area contributed by atoms with E-state index in [2.05, 4.69) is 60.3 Å². The number of anilines is 2. The predicted molar refractivity (Wildman–Crippen MR) is 94.7 cm³/mol. The fourth-order valence-electron chi connectivity index (χ4n) is 2.43. The first-order chi connectivity index (χ1) is 10.5. The third-order valence-electron chi connectivity index (χ3n) is 3.83. The maximum atomic E-state index is 6.11. The zero-order valence-electron chi connectivity index (χ0n) is 13.1. The Bertz CT molecular complexity index is 806. The van der Waals surface area contributed by atoms with Crippen LogP contribution in [0.25, 0.3) is 10.2 Å². The molecule has 2 heterocycles. The summed E-state index contributed by atoms with van der Waals surface area (Å²) in [6.45, 7) is 7.05. The molecule has 0 saturated heterocycles. The van der Waals surface area contributed by atoms with Crippen molar-refractivity contribution in [2.45, 2.75) is 27.2 Å². The number of nitrogens with zero attached hydrogens (tertiary/aromatic N) is 2. The Kier molecular flexibility index (Phi) is 3.98. The zero-order valence-corrected chi connectivity index (χ0v) is 13.9. The summed E-state index contributed by atoms with van der Waals surface area (Å²) >= 11 is 1.69. The number of hydrogen-bond donors (Lipinski definition) is 2. The molecule has 3 rings (SSSR count). The molecule has 0 fully saturated rings. The van der Waals surface area contributed by atoms with Gasteiger partial charge >= 0.3 is 0 Å². The number of rotatable bonds is 4. The van der Waals surface area contributed by atoms with E-state index in [9.17, 15) is 0 Å². The molecule has 114 valence electrons. The number of nitrogens with two attached hydrogens (primary N) is 1. The Balaban J connectivity index is 1.73. The highest BCUT2D eigenvalue weighted by Gasteiger charge is 2.12. The smallest absolute Gasteiger partial charge is 0.136 e. The van der Waals surface area contributed by atoms with Gasteiger partial charge in [0.25, 0.3) is 0 Å². The lowest BCUT2D eigenvalue weighted by Crippen LogP contribution is -2.08. The molecule has 3 aromatic rings. The van der Waals surface area contributed by atoms with Gasteiger partial charge in [-0.05, 0) is 38.5 Å². The zero-order chi connectivity index (χ0) is 15.7. The van der Waals surface area contributed by atoms with Crippen molar-refractivity contribution in [3.8, 4) is 0 Å². The van der Waals surface area contributed by atoms with E-state index >= 15 is 0 Å². The van der Waals surface area contributed by atoms with Crippen molar-refractivity contribution in [1.29, 1.82) is 0 Å². The average Bonchev–Trinajstić information content (AvgIpc) is 2.76. The van der Waals surface area contributed by atoms with Gasteiger partial charge in [-0.15, -0.1) is 11.3 Å². The summed E-state index contributed by atoms with van der Waals surface area (Å²) in [7, 11) is 0. The first-order valence-corrected chi connectivity index (χ1v) is 8.19. The number of nitrogens with one attached hydrogen (secondary N) is 1. The van der Waals surface area contributed by atoms with Crippen molar-refractivity contribution < 1.29 is 0 Å². The fourth-order valence-corrected chi connectivity index (χ4v) is 3.48.